The number of ether oxygens (including phenoxy) is 2. The average Bonchev–Trinajstić information content (AvgIpc) is 2.29. The quantitative estimate of drug-likeness (QED) is 0.788. The molecule has 94 valence electrons. The summed E-state index contributed by atoms with van der Waals surface area (Å²) in [5, 5.41) is 1.00. The smallest absolute Gasteiger partial charge is 0.158 e. The van der Waals surface area contributed by atoms with Crippen LogP contribution in [0.4, 0.5) is 0 Å². The zero-order valence-electron chi connectivity index (χ0n) is 9.71. The van der Waals surface area contributed by atoms with Crippen LogP contribution in [0.25, 0.3) is 0 Å². The highest BCUT2D eigenvalue weighted by molar-refractivity contribution is 6.35. The van der Waals surface area contributed by atoms with Crippen molar-refractivity contribution >= 4 is 23.2 Å². The molecule has 0 amide bonds. The van der Waals surface area contributed by atoms with Gasteiger partial charge in [-0.2, -0.15) is 0 Å². The number of rotatable bonds is 3. The molecule has 5 heteroatoms. The first-order chi connectivity index (χ1) is 8.16. The highest BCUT2D eigenvalue weighted by Crippen LogP contribution is 2.26. The summed E-state index contributed by atoms with van der Waals surface area (Å²) < 4.78 is 11.1. The normalized spacial score (nSPS) is 20.5. The molecule has 1 fully saturated rings. The minimum absolute atomic E-state index is 0.141. The van der Waals surface area contributed by atoms with Crippen molar-refractivity contribution in [3.8, 4) is 0 Å². The maximum Gasteiger partial charge on any atom is 0.158 e. The van der Waals surface area contributed by atoms with E-state index in [1.807, 2.05) is 6.92 Å². The first-order valence-electron chi connectivity index (χ1n) is 5.71. The third-order valence-electron chi connectivity index (χ3n) is 2.70. The molecule has 1 unspecified atom stereocenters. The van der Waals surface area contributed by atoms with E-state index in [4.69, 9.17) is 32.7 Å². The van der Waals surface area contributed by atoms with Crippen molar-refractivity contribution in [2.75, 3.05) is 6.61 Å². The summed E-state index contributed by atoms with van der Waals surface area (Å²) in [5.41, 5.74) is 1.53. The van der Waals surface area contributed by atoms with Gasteiger partial charge in [0.1, 0.15) is 5.15 Å². The molecule has 1 atom stereocenters. The molecule has 1 aliphatic heterocycles. The second-order valence-corrected chi connectivity index (χ2v) is 4.89. The van der Waals surface area contributed by atoms with Gasteiger partial charge >= 0.3 is 0 Å². The maximum atomic E-state index is 6.11. The Labute approximate surface area is 111 Å². The molecule has 0 saturated carbocycles. The summed E-state index contributed by atoms with van der Waals surface area (Å²) in [5.74, 6) is 0. The van der Waals surface area contributed by atoms with Gasteiger partial charge in [0.15, 0.2) is 6.29 Å². The molecular weight excluding hydrogens is 261 g/mol. The van der Waals surface area contributed by atoms with E-state index in [1.54, 1.807) is 6.07 Å². The number of hydrogen-bond acceptors (Lipinski definition) is 3. The Hall–Kier alpha value is -0.350. The lowest BCUT2D eigenvalue weighted by molar-refractivity contribution is -0.168. The van der Waals surface area contributed by atoms with E-state index in [2.05, 4.69) is 4.98 Å². The molecule has 0 aliphatic carbocycles. The molecule has 0 bridgehead atoms. The van der Waals surface area contributed by atoms with Crippen molar-refractivity contribution in [2.45, 2.75) is 39.1 Å². The molecule has 2 heterocycles. The van der Waals surface area contributed by atoms with E-state index >= 15 is 0 Å². The van der Waals surface area contributed by atoms with Crippen LogP contribution in [-0.2, 0) is 16.1 Å². The number of pyridine rings is 1. The Kier molecular flexibility index (Phi) is 4.62. The van der Waals surface area contributed by atoms with Crippen molar-refractivity contribution in [3.05, 3.63) is 27.5 Å². The third-order valence-corrected chi connectivity index (χ3v) is 3.35. The molecular formula is C12H15Cl2NO2. The number of hydrogen-bond donors (Lipinski definition) is 0. The summed E-state index contributed by atoms with van der Waals surface area (Å²) in [6.45, 7) is 2.96. The maximum absolute atomic E-state index is 6.11. The lowest BCUT2D eigenvalue weighted by atomic mass is 10.2. The molecule has 0 N–H and O–H groups in total. The van der Waals surface area contributed by atoms with Gasteiger partial charge in [-0.1, -0.05) is 23.2 Å². The lowest BCUT2D eigenvalue weighted by Crippen LogP contribution is -2.22. The zero-order chi connectivity index (χ0) is 12.3. The Morgan fingerprint density at radius 3 is 2.94 bits per heavy atom. The van der Waals surface area contributed by atoms with Crippen molar-refractivity contribution in [2.24, 2.45) is 0 Å². The minimum Gasteiger partial charge on any atom is -0.353 e. The molecule has 1 aliphatic rings. The van der Waals surface area contributed by atoms with E-state index in [1.165, 1.54) is 0 Å². The second kappa shape index (κ2) is 6.01. The number of halogens is 2. The Balaban J connectivity index is 1.98. The number of nitrogens with zero attached hydrogens (tertiary/aromatic N) is 1. The van der Waals surface area contributed by atoms with Crippen LogP contribution >= 0.6 is 23.2 Å². The van der Waals surface area contributed by atoms with Crippen molar-refractivity contribution in [1.29, 1.82) is 0 Å². The van der Waals surface area contributed by atoms with Gasteiger partial charge in [-0.05, 0) is 32.3 Å². The number of aromatic nitrogens is 1. The Bertz CT molecular complexity index is 369. The van der Waals surface area contributed by atoms with Gasteiger partial charge in [0, 0.05) is 17.9 Å². The minimum atomic E-state index is -0.141. The topological polar surface area (TPSA) is 31.4 Å². The summed E-state index contributed by atoms with van der Waals surface area (Å²) in [4.78, 5) is 4.16. The third kappa shape index (κ3) is 3.55. The molecule has 1 aromatic heterocycles. The molecule has 1 saturated heterocycles. The SMILES string of the molecule is Cc1cc(Cl)c(COC2CCCCO2)c(Cl)n1. The largest absolute Gasteiger partial charge is 0.353 e. The Morgan fingerprint density at radius 2 is 2.29 bits per heavy atom. The van der Waals surface area contributed by atoms with E-state index < -0.39 is 0 Å². The highest BCUT2D eigenvalue weighted by Gasteiger charge is 2.16. The monoisotopic (exact) mass is 275 g/mol. The molecule has 0 spiro atoms. The Morgan fingerprint density at radius 1 is 1.47 bits per heavy atom. The molecule has 2 rings (SSSR count). The molecule has 0 aromatic carbocycles. The average molecular weight is 276 g/mol. The van der Waals surface area contributed by atoms with Crippen LogP contribution in [0.5, 0.6) is 0 Å². The fraction of sp³-hybridized carbons (Fsp3) is 0.583. The second-order valence-electron chi connectivity index (χ2n) is 4.12. The van der Waals surface area contributed by atoms with Crippen LogP contribution in [0.2, 0.25) is 10.2 Å². The van der Waals surface area contributed by atoms with Gasteiger partial charge in [-0.25, -0.2) is 4.98 Å². The molecule has 3 nitrogen and oxygen atoms in total. The van der Waals surface area contributed by atoms with E-state index in [0.717, 1.165) is 37.1 Å². The standard InChI is InChI=1S/C12H15Cl2NO2/c1-8-6-10(13)9(12(14)15-8)7-17-11-4-2-3-5-16-11/h6,11H,2-5,7H2,1H3. The van der Waals surface area contributed by atoms with Gasteiger partial charge in [0.05, 0.1) is 11.6 Å². The fourth-order valence-electron chi connectivity index (χ4n) is 1.77. The van der Waals surface area contributed by atoms with Gasteiger partial charge in [-0.15, -0.1) is 0 Å². The van der Waals surface area contributed by atoms with Gasteiger partial charge in [-0.3, -0.25) is 0 Å². The van der Waals surface area contributed by atoms with Crippen LogP contribution in [0.3, 0.4) is 0 Å². The first-order valence-corrected chi connectivity index (χ1v) is 6.47. The van der Waals surface area contributed by atoms with E-state index in [-0.39, 0.29) is 6.29 Å². The van der Waals surface area contributed by atoms with Gasteiger partial charge in [0.25, 0.3) is 0 Å². The summed E-state index contributed by atoms with van der Waals surface area (Å²) in [7, 11) is 0. The lowest BCUT2D eigenvalue weighted by Gasteiger charge is -2.23. The van der Waals surface area contributed by atoms with Gasteiger partial charge in [0.2, 0.25) is 0 Å². The fourth-order valence-corrected chi connectivity index (χ4v) is 2.41. The van der Waals surface area contributed by atoms with Crippen molar-refractivity contribution in [1.82, 2.24) is 4.98 Å². The van der Waals surface area contributed by atoms with Crippen LogP contribution in [0.15, 0.2) is 6.07 Å². The van der Waals surface area contributed by atoms with E-state index in [9.17, 15) is 0 Å². The predicted octanol–water partition coefficient (Wildman–Crippen LogP) is 3.74. The van der Waals surface area contributed by atoms with E-state index in [0.29, 0.717) is 16.8 Å². The molecule has 17 heavy (non-hydrogen) atoms. The summed E-state index contributed by atoms with van der Waals surface area (Å²) >= 11 is 12.1. The first kappa shape index (κ1) is 13.1. The number of aryl methyl sites for hydroxylation is 1. The van der Waals surface area contributed by atoms with Crippen LogP contribution in [0.1, 0.15) is 30.5 Å². The zero-order valence-corrected chi connectivity index (χ0v) is 11.2. The molecule has 0 radical (unpaired) electrons. The van der Waals surface area contributed by atoms with Crippen LogP contribution in [0, 0.1) is 6.92 Å². The molecule has 1 aromatic rings. The van der Waals surface area contributed by atoms with Crippen LogP contribution in [-0.4, -0.2) is 17.9 Å². The highest BCUT2D eigenvalue weighted by atomic mass is 35.5. The summed E-state index contributed by atoms with van der Waals surface area (Å²) in [6.07, 6.45) is 3.03. The summed E-state index contributed by atoms with van der Waals surface area (Å²) in [6, 6.07) is 1.79. The van der Waals surface area contributed by atoms with Crippen molar-refractivity contribution < 1.29 is 9.47 Å². The van der Waals surface area contributed by atoms with Crippen molar-refractivity contribution in [3.63, 3.8) is 0 Å². The predicted molar refractivity (Wildman–Crippen MR) is 67.4 cm³/mol. The van der Waals surface area contributed by atoms with Crippen LogP contribution < -0.4 is 0 Å². The van der Waals surface area contributed by atoms with Gasteiger partial charge < -0.3 is 9.47 Å².